The van der Waals surface area contributed by atoms with E-state index in [9.17, 15) is 22.8 Å². The number of likely N-dealkylation sites (tertiary alicyclic amines) is 1. The van der Waals surface area contributed by atoms with E-state index < -0.39 is 18.1 Å². The first-order valence-corrected chi connectivity index (χ1v) is 11.7. The number of piperidine rings is 1. The summed E-state index contributed by atoms with van der Waals surface area (Å²) in [4.78, 5) is 33.0. The van der Waals surface area contributed by atoms with Crippen molar-refractivity contribution in [2.45, 2.75) is 32.7 Å². The number of imidazole rings is 1. The Morgan fingerprint density at radius 1 is 1.16 bits per heavy atom. The molecule has 3 aromatic heterocycles. The molecule has 0 unspecified atom stereocenters. The lowest BCUT2D eigenvalue weighted by atomic mass is 9.95. The van der Waals surface area contributed by atoms with Crippen molar-refractivity contribution in [3.63, 3.8) is 0 Å². The van der Waals surface area contributed by atoms with Gasteiger partial charge in [0, 0.05) is 49.6 Å². The van der Waals surface area contributed by atoms with Gasteiger partial charge in [0.1, 0.15) is 11.5 Å². The molecule has 1 fully saturated rings. The molecule has 0 N–H and O–H groups in total. The molecule has 1 aliphatic rings. The van der Waals surface area contributed by atoms with Gasteiger partial charge in [-0.15, -0.1) is 10.2 Å². The molecule has 0 saturated carbocycles. The van der Waals surface area contributed by atoms with Gasteiger partial charge in [-0.2, -0.15) is 8.78 Å². The molecule has 2 amide bonds. The fraction of sp³-hybridized carbons (Fsp3) is 0.320. The van der Waals surface area contributed by atoms with E-state index in [-0.39, 0.29) is 30.2 Å². The molecule has 12 heteroatoms. The van der Waals surface area contributed by atoms with Gasteiger partial charge >= 0.3 is 6.43 Å². The molecule has 1 saturated heterocycles. The van der Waals surface area contributed by atoms with Gasteiger partial charge in [0.15, 0.2) is 0 Å². The van der Waals surface area contributed by atoms with Gasteiger partial charge in [-0.1, -0.05) is 6.07 Å². The van der Waals surface area contributed by atoms with E-state index in [4.69, 9.17) is 4.42 Å². The molecule has 0 atom stereocenters. The van der Waals surface area contributed by atoms with Crippen molar-refractivity contribution in [2.24, 2.45) is 5.92 Å². The largest absolute Gasteiger partial charge is 0.415 e. The van der Waals surface area contributed by atoms with E-state index in [1.165, 1.54) is 30.0 Å². The van der Waals surface area contributed by atoms with Gasteiger partial charge in [0.05, 0.1) is 12.2 Å². The number of anilines is 1. The van der Waals surface area contributed by atoms with Crippen LogP contribution in [0, 0.1) is 11.7 Å². The van der Waals surface area contributed by atoms with Gasteiger partial charge in [-0.3, -0.25) is 9.59 Å². The first-order chi connectivity index (χ1) is 17.8. The van der Waals surface area contributed by atoms with E-state index in [2.05, 4.69) is 15.2 Å². The van der Waals surface area contributed by atoms with Gasteiger partial charge < -0.3 is 18.6 Å². The monoisotopic (exact) mass is 512 g/mol. The van der Waals surface area contributed by atoms with E-state index in [1.807, 2.05) is 0 Å². The van der Waals surface area contributed by atoms with Crippen LogP contribution < -0.4 is 4.90 Å². The maximum atomic E-state index is 14.1. The Kier molecular flexibility index (Phi) is 6.64. The van der Waals surface area contributed by atoms with E-state index in [1.54, 1.807) is 39.9 Å². The van der Waals surface area contributed by atoms with Crippen LogP contribution in [-0.4, -0.2) is 49.4 Å². The predicted molar refractivity (Wildman–Crippen MR) is 126 cm³/mol. The van der Waals surface area contributed by atoms with Crippen LogP contribution in [0.4, 0.5) is 18.9 Å². The first-order valence-electron chi connectivity index (χ1n) is 11.7. The quantitative estimate of drug-likeness (QED) is 0.383. The van der Waals surface area contributed by atoms with Gasteiger partial charge in [0.25, 0.3) is 5.89 Å². The number of carbonyl (C=O) groups is 2. The summed E-state index contributed by atoms with van der Waals surface area (Å²) in [7, 11) is 0. The summed E-state index contributed by atoms with van der Waals surface area (Å²) in [6, 6.07) is 9.04. The Morgan fingerprint density at radius 2 is 1.95 bits per heavy atom. The van der Waals surface area contributed by atoms with Crippen molar-refractivity contribution in [3.05, 3.63) is 66.2 Å². The van der Waals surface area contributed by atoms with Crippen LogP contribution in [0.1, 0.15) is 37.8 Å². The van der Waals surface area contributed by atoms with Gasteiger partial charge in [-0.25, -0.2) is 9.37 Å². The highest BCUT2D eigenvalue weighted by atomic mass is 19.3. The molecule has 0 radical (unpaired) electrons. The number of amides is 2. The maximum Gasteiger partial charge on any atom is 0.314 e. The number of hydrogen-bond donors (Lipinski definition) is 0. The van der Waals surface area contributed by atoms with Crippen LogP contribution in [0.3, 0.4) is 0 Å². The fourth-order valence-electron chi connectivity index (χ4n) is 4.45. The Hall–Kier alpha value is -4.22. The first kappa shape index (κ1) is 24.5. The third-order valence-electron chi connectivity index (χ3n) is 6.38. The van der Waals surface area contributed by atoms with Gasteiger partial charge in [-0.05, 0) is 43.2 Å². The highest BCUT2D eigenvalue weighted by Crippen LogP contribution is 2.27. The fourth-order valence-corrected chi connectivity index (χ4v) is 4.45. The van der Waals surface area contributed by atoms with Crippen LogP contribution in [0.15, 0.2) is 53.2 Å². The minimum Gasteiger partial charge on any atom is -0.415 e. The lowest BCUT2D eigenvalue weighted by molar-refractivity contribution is -0.133. The number of pyridine rings is 1. The SMILES string of the molecule is CC(=O)N1CCC(C(=O)N(Cc2cn3ccc(-c4nnc(C(F)F)o4)cc3n2)c2cccc(F)c2)CC1. The number of rotatable bonds is 6. The van der Waals surface area contributed by atoms with Crippen molar-refractivity contribution in [1.82, 2.24) is 24.5 Å². The van der Waals surface area contributed by atoms with Crippen molar-refractivity contribution in [3.8, 4) is 11.5 Å². The Balaban J connectivity index is 1.41. The second-order valence-corrected chi connectivity index (χ2v) is 8.84. The molecule has 4 heterocycles. The Bertz CT molecular complexity index is 1440. The standard InChI is InChI=1S/C25H23F3N6O3/c1-15(35)32-8-5-16(6-9-32)25(36)34(20-4-2-3-18(26)12-20)14-19-13-33-10-7-17(11-21(33)29-19)23-30-31-24(37-23)22(27)28/h2-4,7,10-13,16,22H,5-6,8-9,14H2,1H3. The van der Waals surface area contributed by atoms with E-state index in [0.717, 1.165) is 0 Å². The van der Waals surface area contributed by atoms with Crippen LogP contribution >= 0.6 is 0 Å². The number of aromatic nitrogens is 4. The summed E-state index contributed by atoms with van der Waals surface area (Å²) < 4.78 is 46.4. The summed E-state index contributed by atoms with van der Waals surface area (Å²) in [5.41, 5.74) is 1.84. The third kappa shape index (κ3) is 5.18. The van der Waals surface area contributed by atoms with E-state index in [0.29, 0.717) is 48.5 Å². The molecule has 4 aromatic rings. The Labute approximate surface area is 209 Å². The van der Waals surface area contributed by atoms with E-state index >= 15 is 0 Å². The molecule has 9 nitrogen and oxygen atoms in total. The van der Waals surface area contributed by atoms with Crippen molar-refractivity contribution >= 4 is 23.1 Å². The number of benzene rings is 1. The maximum absolute atomic E-state index is 14.1. The highest BCUT2D eigenvalue weighted by molar-refractivity contribution is 5.95. The van der Waals surface area contributed by atoms with Crippen molar-refractivity contribution in [1.29, 1.82) is 0 Å². The third-order valence-corrected chi connectivity index (χ3v) is 6.38. The topological polar surface area (TPSA) is 96.8 Å². The number of alkyl halides is 2. The average Bonchev–Trinajstić information content (AvgIpc) is 3.54. The molecular formula is C25H23F3N6O3. The zero-order valence-electron chi connectivity index (χ0n) is 19.9. The van der Waals surface area contributed by atoms with Crippen LogP contribution in [0.5, 0.6) is 0 Å². The normalized spacial score (nSPS) is 14.5. The van der Waals surface area contributed by atoms with Gasteiger partial charge in [0.2, 0.25) is 17.7 Å². The number of halogens is 3. The lowest BCUT2D eigenvalue weighted by Gasteiger charge is -2.33. The molecule has 0 bridgehead atoms. The average molecular weight is 512 g/mol. The summed E-state index contributed by atoms with van der Waals surface area (Å²) >= 11 is 0. The second-order valence-electron chi connectivity index (χ2n) is 8.84. The molecular weight excluding hydrogens is 489 g/mol. The molecule has 5 rings (SSSR count). The van der Waals surface area contributed by atoms with Crippen LogP contribution in [0.2, 0.25) is 0 Å². The lowest BCUT2D eigenvalue weighted by Crippen LogP contribution is -2.43. The molecule has 1 aliphatic heterocycles. The number of nitrogens with zero attached hydrogens (tertiary/aromatic N) is 6. The summed E-state index contributed by atoms with van der Waals surface area (Å²) in [5.74, 6) is -1.80. The minimum absolute atomic E-state index is 0.0251. The van der Waals surface area contributed by atoms with Crippen LogP contribution in [-0.2, 0) is 16.1 Å². The summed E-state index contributed by atoms with van der Waals surface area (Å²) in [6.45, 7) is 2.57. The smallest absolute Gasteiger partial charge is 0.314 e. The minimum atomic E-state index is -2.87. The number of hydrogen-bond acceptors (Lipinski definition) is 6. The highest BCUT2D eigenvalue weighted by Gasteiger charge is 2.31. The molecule has 0 spiro atoms. The molecule has 1 aromatic carbocycles. The van der Waals surface area contributed by atoms with Crippen LogP contribution in [0.25, 0.3) is 17.1 Å². The molecule has 0 aliphatic carbocycles. The zero-order valence-corrected chi connectivity index (χ0v) is 19.9. The number of carbonyl (C=O) groups excluding carboxylic acids is 2. The summed E-state index contributed by atoms with van der Waals surface area (Å²) in [5, 5.41) is 7.01. The number of fused-ring (bicyclic) bond motifs is 1. The van der Waals surface area contributed by atoms with Crippen molar-refractivity contribution < 1.29 is 27.2 Å². The van der Waals surface area contributed by atoms with Crippen molar-refractivity contribution in [2.75, 3.05) is 18.0 Å². The molecule has 37 heavy (non-hydrogen) atoms. The Morgan fingerprint density at radius 3 is 2.62 bits per heavy atom. The molecule has 192 valence electrons. The zero-order chi connectivity index (χ0) is 26.1. The second kappa shape index (κ2) is 10.0. The summed E-state index contributed by atoms with van der Waals surface area (Å²) in [6.07, 6.45) is 1.56. The predicted octanol–water partition coefficient (Wildman–Crippen LogP) is 4.25.